The van der Waals surface area contributed by atoms with E-state index in [1.165, 1.54) is 43.5 Å². The molecule has 13 heteroatoms. The largest absolute Gasteiger partial charge is 0.497 e. The average molecular weight is 544 g/mol. The first-order valence-electron chi connectivity index (χ1n) is 10.7. The Morgan fingerprint density at radius 1 is 1.03 bits per heavy atom. The van der Waals surface area contributed by atoms with Gasteiger partial charge in [-0.15, -0.1) is 0 Å². The fourth-order valence-electron chi connectivity index (χ4n) is 3.47. The number of amides is 2. The third kappa shape index (κ3) is 5.60. The molecule has 0 atom stereocenters. The number of anilines is 3. The quantitative estimate of drug-likeness (QED) is 0.327. The number of aromatic nitrogens is 2. The lowest BCUT2D eigenvalue weighted by Gasteiger charge is -2.24. The Bertz CT molecular complexity index is 1510. The molecule has 0 aliphatic carbocycles. The number of hydrogen-bond acceptors (Lipinski definition) is 8. The highest BCUT2D eigenvalue weighted by atomic mass is 35.5. The summed E-state index contributed by atoms with van der Waals surface area (Å²) in [5.41, 5.74) is 1.84. The van der Waals surface area contributed by atoms with Crippen LogP contribution >= 0.6 is 11.6 Å². The molecule has 0 radical (unpaired) electrons. The van der Waals surface area contributed by atoms with E-state index in [1.54, 1.807) is 31.4 Å². The molecule has 4 rings (SSSR count). The van der Waals surface area contributed by atoms with Crippen LogP contribution in [0.25, 0.3) is 11.1 Å². The number of hydrogen-bond donors (Lipinski definition) is 2. The molecule has 0 aliphatic rings. The summed E-state index contributed by atoms with van der Waals surface area (Å²) in [6.45, 7) is 0. The first kappa shape index (κ1) is 25.8. The van der Waals surface area contributed by atoms with E-state index in [0.29, 0.717) is 22.2 Å². The molecule has 0 aliphatic heterocycles. The molecule has 0 saturated heterocycles. The Morgan fingerprint density at radius 3 is 2.46 bits per heavy atom. The van der Waals surface area contributed by atoms with Crippen molar-refractivity contribution in [3.05, 3.63) is 72.1 Å². The van der Waals surface area contributed by atoms with Crippen LogP contribution in [-0.2, 0) is 10.0 Å². The average Bonchev–Trinajstić information content (AvgIpc) is 3.41. The van der Waals surface area contributed by atoms with Crippen LogP contribution in [0.1, 0.15) is 0 Å². The lowest BCUT2D eigenvalue weighted by atomic mass is 10.0. The van der Waals surface area contributed by atoms with Gasteiger partial charge in [-0.2, -0.15) is 0 Å². The molecule has 2 N–H and O–H groups in total. The van der Waals surface area contributed by atoms with Crippen LogP contribution in [0, 0.1) is 0 Å². The van der Waals surface area contributed by atoms with Gasteiger partial charge in [0, 0.05) is 24.3 Å². The maximum Gasteiger partial charge on any atom is 0.327 e. The molecule has 11 nitrogen and oxygen atoms in total. The zero-order valence-corrected chi connectivity index (χ0v) is 21.5. The number of carbonyl (C=O) groups is 1. The second-order valence-electron chi connectivity index (χ2n) is 7.50. The van der Waals surface area contributed by atoms with Crippen molar-refractivity contribution in [3.8, 4) is 22.6 Å². The van der Waals surface area contributed by atoms with E-state index in [9.17, 15) is 13.2 Å². The molecular weight excluding hydrogens is 522 g/mol. The molecule has 4 aromatic rings. The second-order valence-corrected chi connectivity index (χ2v) is 9.62. The van der Waals surface area contributed by atoms with Crippen LogP contribution in [0.4, 0.5) is 22.1 Å². The van der Waals surface area contributed by atoms with Crippen molar-refractivity contribution in [2.24, 2.45) is 0 Å². The van der Waals surface area contributed by atoms with Gasteiger partial charge in [0.2, 0.25) is 0 Å². The Morgan fingerprint density at radius 2 is 1.84 bits per heavy atom. The van der Waals surface area contributed by atoms with Crippen molar-refractivity contribution >= 4 is 45.0 Å². The zero-order chi connectivity index (χ0) is 26.6. The van der Waals surface area contributed by atoms with Gasteiger partial charge in [-0.25, -0.2) is 23.1 Å². The number of pyridine rings is 1. The maximum atomic E-state index is 13.0. The summed E-state index contributed by atoms with van der Waals surface area (Å²) in [5.74, 6) is 1.13. The van der Waals surface area contributed by atoms with Crippen molar-refractivity contribution in [1.29, 1.82) is 0 Å². The zero-order valence-electron chi connectivity index (χ0n) is 19.9. The normalized spacial score (nSPS) is 11.0. The van der Waals surface area contributed by atoms with E-state index < -0.39 is 16.1 Å². The molecule has 2 heterocycles. The summed E-state index contributed by atoms with van der Waals surface area (Å²) in [5, 5.41) is 6.59. The smallest absolute Gasteiger partial charge is 0.327 e. The van der Waals surface area contributed by atoms with Gasteiger partial charge in [-0.05, 0) is 53.6 Å². The third-order valence-corrected chi connectivity index (χ3v) is 6.77. The van der Waals surface area contributed by atoms with Crippen molar-refractivity contribution in [3.63, 3.8) is 0 Å². The van der Waals surface area contributed by atoms with Gasteiger partial charge in [-0.3, -0.25) is 4.72 Å². The van der Waals surface area contributed by atoms with Crippen LogP contribution in [0.2, 0.25) is 5.02 Å². The van der Waals surface area contributed by atoms with Gasteiger partial charge in [0.05, 0.1) is 19.9 Å². The monoisotopic (exact) mass is 543 g/mol. The number of methoxy groups -OCH3 is 2. The Hall–Kier alpha value is -4.29. The summed E-state index contributed by atoms with van der Waals surface area (Å²) >= 11 is 6.25. The second kappa shape index (κ2) is 10.8. The first-order chi connectivity index (χ1) is 17.7. The third-order valence-electron chi connectivity index (χ3n) is 5.21. The summed E-state index contributed by atoms with van der Waals surface area (Å²) in [6, 6.07) is 14.1. The summed E-state index contributed by atoms with van der Waals surface area (Å²) in [7, 11) is 0.495. The van der Waals surface area contributed by atoms with Crippen molar-refractivity contribution in [2.75, 3.05) is 30.9 Å². The lowest BCUT2D eigenvalue weighted by Crippen LogP contribution is -2.35. The number of halogens is 1. The van der Waals surface area contributed by atoms with E-state index in [2.05, 4.69) is 24.7 Å². The maximum absolute atomic E-state index is 13.0. The molecular formula is C24H22ClN5O6S. The van der Waals surface area contributed by atoms with Gasteiger partial charge in [0.15, 0.2) is 5.82 Å². The van der Waals surface area contributed by atoms with E-state index in [1.807, 2.05) is 12.1 Å². The van der Waals surface area contributed by atoms with Gasteiger partial charge in [0.25, 0.3) is 10.0 Å². The number of rotatable bonds is 8. The lowest BCUT2D eigenvalue weighted by molar-refractivity contribution is 0.250. The summed E-state index contributed by atoms with van der Waals surface area (Å²) in [6.07, 6.45) is 2.37. The van der Waals surface area contributed by atoms with E-state index >= 15 is 0 Å². The summed E-state index contributed by atoms with van der Waals surface area (Å²) in [4.78, 5) is 18.4. The van der Waals surface area contributed by atoms with E-state index in [-0.39, 0.29) is 16.5 Å². The van der Waals surface area contributed by atoms with Crippen molar-refractivity contribution in [1.82, 2.24) is 15.5 Å². The molecule has 0 saturated carbocycles. The Balaban J connectivity index is 1.76. The number of urea groups is 1. The molecule has 0 fully saturated rings. The number of nitrogens with one attached hydrogen (secondary N) is 2. The highest BCUT2D eigenvalue weighted by Crippen LogP contribution is 2.38. The minimum atomic E-state index is -3.99. The molecule has 0 unspecified atom stereocenters. The van der Waals surface area contributed by atoms with Crippen LogP contribution in [0.3, 0.4) is 0 Å². The highest BCUT2D eigenvalue weighted by Gasteiger charge is 2.24. The Kier molecular flexibility index (Phi) is 7.50. The fraction of sp³-hybridized carbons (Fsp3) is 0.125. The molecule has 0 bridgehead atoms. The number of nitrogens with zero attached hydrogens (tertiary/aromatic N) is 3. The number of carbonyl (C=O) groups excluding carboxylic acids is 1. The van der Waals surface area contributed by atoms with Crippen LogP contribution in [0.5, 0.6) is 11.5 Å². The predicted octanol–water partition coefficient (Wildman–Crippen LogP) is 4.69. The van der Waals surface area contributed by atoms with Crippen LogP contribution in [0.15, 0.2) is 76.5 Å². The van der Waals surface area contributed by atoms with Gasteiger partial charge < -0.3 is 19.3 Å². The molecule has 2 amide bonds. The molecule has 192 valence electrons. The van der Waals surface area contributed by atoms with E-state index in [4.69, 9.17) is 21.1 Å². The van der Waals surface area contributed by atoms with Crippen LogP contribution < -0.4 is 24.4 Å². The van der Waals surface area contributed by atoms with Crippen molar-refractivity contribution < 1.29 is 27.2 Å². The van der Waals surface area contributed by atoms with E-state index in [0.717, 1.165) is 17.3 Å². The van der Waals surface area contributed by atoms with Crippen LogP contribution in [-0.4, -0.2) is 45.9 Å². The number of sulfonamides is 1. The molecule has 37 heavy (non-hydrogen) atoms. The van der Waals surface area contributed by atoms with Gasteiger partial charge >= 0.3 is 6.03 Å². The number of ether oxygens (including phenoxy) is 2. The topological polar surface area (TPSA) is 136 Å². The fourth-order valence-corrected chi connectivity index (χ4v) is 4.63. The van der Waals surface area contributed by atoms with Crippen molar-refractivity contribution in [2.45, 2.75) is 4.90 Å². The first-order valence-corrected chi connectivity index (χ1v) is 12.6. The molecule has 0 spiro atoms. The summed E-state index contributed by atoms with van der Waals surface area (Å²) < 4.78 is 43.1. The predicted molar refractivity (Wildman–Crippen MR) is 138 cm³/mol. The molecule has 2 aromatic heterocycles. The minimum absolute atomic E-state index is 0.0234. The Labute approximate surface area is 218 Å². The minimum Gasteiger partial charge on any atom is -0.497 e. The number of benzene rings is 2. The van der Waals surface area contributed by atoms with Gasteiger partial charge in [0.1, 0.15) is 28.5 Å². The SMILES string of the molecule is CNC(=O)N(c1ccc(S(=O)(=O)Nc2ccon2)cn1)c1cc(-c2cc(Cl)cc(OC)c2)ccc1OC. The molecule has 2 aromatic carbocycles. The highest BCUT2D eigenvalue weighted by molar-refractivity contribution is 7.92. The standard InChI is InChI=1S/C24H22ClN5O6S/c1-26-24(31)30(23-7-5-19(14-27-23)37(32,33)29-22-8-9-36-28-22)20-12-15(4-6-21(20)35-3)16-10-17(25)13-18(11-16)34-2/h4-14H,1-3H3,(H,26,31)(H,28,29). The van der Waals surface area contributed by atoms with Gasteiger partial charge in [-0.1, -0.05) is 22.8 Å².